The van der Waals surface area contributed by atoms with Crippen LogP contribution in [0.4, 0.5) is 0 Å². The average molecular weight is 289 g/mol. The molecule has 0 bridgehead atoms. The van der Waals surface area contributed by atoms with Crippen LogP contribution in [0.2, 0.25) is 0 Å². The van der Waals surface area contributed by atoms with Gasteiger partial charge in [0.05, 0.1) is 6.61 Å². The number of nitrogens with one attached hydrogen (secondary N) is 1. The quantitative estimate of drug-likeness (QED) is 0.476. The molecule has 1 amide bonds. The van der Waals surface area contributed by atoms with Gasteiger partial charge in [0.2, 0.25) is 5.91 Å². The van der Waals surface area contributed by atoms with Crippen LogP contribution in [-0.4, -0.2) is 42.0 Å². The number of halogens is 2. The van der Waals surface area contributed by atoms with Crippen LogP contribution in [0.25, 0.3) is 0 Å². The van der Waals surface area contributed by atoms with Gasteiger partial charge in [-0.15, -0.1) is 23.2 Å². The van der Waals surface area contributed by atoms with Gasteiger partial charge < -0.3 is 4.52 Å². The van der Waals surface area contributed by atoms with Crippen LogP contribution in [0, 0.1) is 0 Å². The number of rotatable bonds is 5. The van der Waals surface area contributed by atoms with E-state index in [0.717, 1.165) is 0 Å². The van der Waals surface area contributed by atoms with Crippen molar-refractivity contribution >= 4 is 36.8 Å². The van der Waals surface area contributed by atoms with E-state index in [1.54, 1.807) is 0 Å². The molecule has 16 heavy (non-hydrogen) atoms. The van der Waals surface area contributed by atoms with E-state index in [1.165, 1.54) is 4.67 Å². The van der Waals surface area contributed by atoms with E-state index in [0.29, 0.717) is 38.4 Å². The zero-order valence-electron chi connectivity index (χ0n) is 8.82. The molecule has 0 aromatic heterocycles. The van der Waals surface area contributed by atoms with Crippen molar-refractivity contribution in [3.8, 4) is 0 Å². The Morgan fingerprint density at radius 1 is 1.50 bits per heavy atom. The van der Waals surface area contributed by atoms with Crippen LogP contribution in [-0.2, 0) is 13.9 Å². The maximum absolute atomic E-state index is 12.3. The van der Waals surface area contributed by atoms with Crippen LogP contribution in [0.1, 0.15) is 12.8 Å². The van der Waals surface area contributed by atoms with Gasteiger partial charge in [0, 0.05) is 19.0 Å². The molecule has 1 unspecified atom stereocenters. The fourth-order valence-electron chi connectivity index (χ4n) is 1.36. The molecule has 0 radical (unpaired) electrons. The SMILES string of the molecule is O=C(CCl)N1CCCOP1(=O)NCCCCl. The highest BCUT2D eigenvalue weighted by molar-refractivity contribution is 7.55. The number of hydrogen-bond acceptors (Lipinski definition) is 3. The Morgan fingerprint density at radius 2 is 2.25 bits per heavy atom. The average Bonchev–Trinajstić information content (AvgIpc) is 2.29. The Morgan fingerprint density at radius 3 is 2.88 bits per heavy atom. The molecule has 0 saturated carbocycles. The molecular weight excluding hydrogens is 274 g/mol. The molecule has 1 heterocycles. The molecular formula is C8H15Cl2N2O3P. The number of hydrogen-bond donors (Lipinski definition) is 1. The van der Waals surface area contributed by atoms with E-state index in [1.807, 2.05) is 0 Å². The van der Waals surface area contributed by atoms with E-state index < -0.39 is 7.67 Å². The lowest BCUT2D eigenvalue weighted by Gasteiger charge is -2.34. The molecule has 0 spiro atoms. The first-order chi connectivity index (χ1) is 7.64. The first-order valence-corrected chi connectivity index (χ1v) is 7.71. The van der Waals surface area contributed by atoms with Gasteiger partial charge in [0.25, 0.3) is 0 Å². The molecule has 0 aromatic carbocycles. The minimum absolute atomic E-state index is 0.190. The molecule has 8 heteroatoms. The maximum atomic E-state index is 12.3. The minimum Gasteiger partial charge on any atom is -0.302 e. The molecule has 1 aliphatic rings. The monoisotopic (exact) mass is 288 g/mol. The Hall–Kier alpha value is 0.200. The third kappa shape index (κ3) is 3.60. The number of amides is 1. The van der Waals surface area contributed by atoms with E-state index in [9.17, 15) is 9.36 Å². The normalized spacial score (nSPS) is 25.8. The van der Waals surface area contributed by atoms with Crippen LogP contribution >= 0.6 is 30.9 Å². The Kier molecular flexibility index (Phi) is 6.08. The molecule has 94 valence electrons. The lowest BCUT2D eigenvalue weighted by molar-refractivity contribution is -0.125. The molecule has 0 aromatic rings. The lowest BCUT2D eigenvalue weighted by Crippen LogP contribution is -2.39. The molecule has 5 nitrogen and oxygen atoms in total. The zero-order valence-corrected chi connectivity index (χ0v) is 11.2. The fraction of sp³-hybridized carbons (Fsp3) is 0.875. The minimum atomic E-state index is -3.24. The summed E-state index contributed by atoms with van der Waals surface area (Å²) in [7, 11) is -3.24. The molecule has 1 fully saturated rings. The standard InChI is InChI=1S/C8H15Cl2N2O3P/c9-3-1-4-11-16(14)12(8(13)7-10)5-2-6-15-16/h1-7H2,(H,11,14). The topological polar surface area (TPSA) is 58.6 Å². The van der Waals surface area contributed by atoms with Crippen molar-refractivity contribution in [2.45, 2.75) is 12.8 Å². The van der Waals surface area contributed by atoms with Crippen molar-refractivity contribution in [3.05, 3.63) is 0 Å². The second-order valence-corrected chi connectivity index (χ2v) is 6.05. The van der Waals surface area contributed by atoms with Crippen molar-refractivity contribution in [3.63, 3.8) is 0 Å². The first kappa shape index (κ1) is 14.3. The smallest absolute Gasteiger partial charge is 0.302 e. The van der Waals surface area contributed by atoms with E-state index in [2.05, 4.69) is 5.09 Å². The van der Waals surface area contributed by atoms with E-state index in [-0.39, 0.29) is 11.8 Å². The molecule has 1 aliphatic heterocycles. The van der Waals surface area contributed by atoms with Crippen molar-refractivity contribution < 1.29 is 13.9 Å². The summed E-state index contributed by atoms with van der Waals surface area (Å²) < 4.78 is 18.7. The zero-order chi connectivity index (χ0) is 12.0. The summed E-state index contributed by atoms with van der Waals surface area (Å²) in [6, 6.07) is 0. The van der Waals surface area contributed by atoms with Crippen LogP contribution in [0.5, 0.6) is 0 Å². The van der Waals surface area contributed by atoms with Gasteiger partial charge in [0.15, 0.2) is 0 Å². The largest absolute Gasteiger partial charge is 0.370 e. The van der Waals surface area contributed by atoms with Gasteiger partial charge in [-0.25, -0.2) is 9.65 Å². The van der Waals surface area contributed by atoms with Crippen molar-refractivity contribution in [2.24, 2.45) is 0 Å². The number of nitrogens with zero attached hydrogens (tertiary/aromatic N) is 1. The summed E-state index contributed by atoms with van der Waals surface area (Å²) in [4.78, 5) is 11.5. The Labute approximate surface area is 105 Å². The summed E-state index contributed by atoms with van der Waals surface area (Å²) >= 11 is 11.0. The van der Waals surface area contributed by atoms with Crippen molar-refractivity contribution in [2.75, 3.05) is 31.5 Å². The Bertz CT molecular complexity index is 290. The summed E-state index contributed by atoms with van der Waals surface area (Å²) in [6.07, 6.45) is 1.33. The second-order valence-electron chi connectivity index (χ2n) is 3.31. The number of alkyl halides is 2. The van der Waals surface area contributed by atoms with Gasteiger partial charge >= 0.3 is 7.67 Å². The van der Waals surface area contributed by atoms with Gasteiger partial charge in [-0.2, -0.15) is 0 Å². The third-order valence-corrected chi connectivity index (χ3v) is 4.83. The number of carbonyl (C=O) groups is 1. The fourth-order valence-corrected chi connectivity index (χ4v) is 3.71. The first-order valence-electron chi connectivity index (χ1n) is 5.06. The number of carbonyl (C=O) groups excluding carboxylic acids is 1. The second kappa shape index (κ2) is 6.82. The van der Waals surface area contributed by atoms with Crippen molar-refractivity contribution in [1.82, 2.24) is 9.76 Å². The third-order valence-electron chi connectivity index (χ3n) is 2.12. The van der Waals surface area contributed by atoms with Crippen LogP contribution in [0.3, 0.4) is 0 Å². The van der Waals surface area contributed by atoms with E-state index >= 15 is 0 Å². The molecule has 1 rings (SSSR count). The van der Waals surface area contributed by atoms with Gasteiger partial charge in [-0.1, -0.05) is 0 Å². The highest BCUT2D eigenvalue weighted by Gasteiger charge is 2.37. The van der Waals surface area contributed by atoms with Gasteiger partial charge in [-0.3, -0.25) is 9.46 Å². The maximum Gasteiger partial charge on any atom is 0.370 e. The predicted octanol–water partition coefficient (Wildman–Crippen LogP) is 1.80. The summed E-state index contributed by atoms with van der Waals surface area (Å²) in [5.41, 5.74) is 0. The predicted molar refractivity (Wildman–Crippen MR) is 63.9 cm³/mol. The Balaban J connectivity index is 2.63. The van der Waals surface area contributed by atoms with Crippen LogP contribution in [0.15, 0.2) is 0 Å². The van der Waals surface area contributed by atoms with E-state index in [4.69, 9.17) is 27.7 Å². The highest BCUT2D eigenvalue weighted by Crippen LogP contribution is 2.49. The van der Waals surface area contributed by atoms with Crippen molar-refractivity contribution in [1.29, 1.82) is 0 Å². The highest BCUT2D eigenvalue weighted by atomic mass is 35.5. The summed E-state index contributed by atoms with van der Waals surface area (Å²) in [5.74, 6) is -0.0934. The summed E-state index contributed by atoms with van der Waals surface area (Å²) in [5, 5.41) is 2.76. The molecule has 1 saturated heterocycles. The van der Waals surface area contributed by atoms with Gasteiger partial charge in [0.1, 0.15) is 5.88 Å². The lowest BCUT2D eigenvalue weighted by atomic mass is 10.4. The molecule has 1 atom stereocenters. The molecule has 0 aliphatic carbocycles. The van der Waals surface area contributed by atoms with Gasteiger partial charge in [-0.05, 0) is 12.8 Å². The summed E-state index contributed by atoms with van der Waals surface area (Å²) in [6.45, 7) is 1.25. The molecule has 1 N–H and O–H groups in total. The van der Waals surface area contributed by atoms with Crippen LogP contribution < -0.4 is 5.09 Å².